The average molecular weight is 469 g/mol. The van der Waals surface area contributed by atoms with Gasteiger partial charge in [0.2, 0.25) is 0 Å². The lowest BCUT2D eigenvalue weighted by atomic mass is 10.1. The van der Waals surface area contributed by atoms with Crippen molar-refractivity contribution < 1.29 is 23.9 Å². The number of carbonyl (C=O) groups is 3. The van der Waals surface area contributed by atoms with Crippen molar-refractivity contribution in [3.63, 3.8) is 0 Å². The first kappa shape index (κ1) is 23.2. The topological polar surface area (TPSA) is 76.2 Å². The number of benzene rings is 1. The number of anilines is 1. The van der Waals surface area contributed by atoms with Crippen molar-refractivity contribution in [2.75, 3.05) is 18.1 Å². The monoisotopic (exact) mass is 468 g/mol. The summed E-state index contributed by atoms with van der Waals surface area (Å²) in [5, 5.41) is 0. The maximum atomic E-state index is 13.5. The van der Waals surface area contributed by atoms with Crippen molar-refractivity contribution in [2.24, 2.45) is 0 Å². The van der Waals surface area contributed by atoms with Gasteiger partial charge >= 0.3 is 12.1 Å². The van der Waals surface area contributed by atoms with Gasteiger partial charge in [-0.1, -0.05) is 15.9 Å². The second kappa shape index (κ2) is 9.61. The van der Waals surface area contributed by atoms with Crippen molar-refractivity contribution in [2.45, 2.75) is 65.1 Å². The number of carbonyl (C=O) groups excluding carboxylic acids is 3. The fraction of sp³-hybridized carbons (Fsp3) is 0.571. The van der Waals surface area contributed by atoms with Crippen molar-refractivity contribution in [3.05, 3.63) is 28.7 Å². The van der Waals surface area contributed by atoms with Gasteiger partial charge < -0.3 is 9.47 Å². The summed E-state index contributed by atoms with van der Waals surface area (Å²) in [7, 11) is 0. The average Bonchev–Trinajstić information content (AvgIpc) is 3.12. The standard InChI is InChI=1S/C21H29BrN2O5/c1-6-28-19(26)14(2)24(16-11-9-15(22)10-12-16)18(25)17-8-7-13-23(17)20(27)29-21(3,4)5/h9-12,14,17H,6-8,13H2,1-5H3. The van der Waals surface area contributed by atoms with Crippen molar-refractivity contribution in [1.29, 1.82) is 0 Å². The van der Waals surface area contributed by atoms with Crippen LogP contribution in [0.5, 0.6) is 0 Å². The molecule has 1 saturated heterocycles. The first-order valence-electron chi connectivity index (χ1n) is 9.80. The van der Waals surface area contributed by atoms with Gasteiger partial charge in [-0.25, -0.2) is 9.59 Å². The molecule has 1 aliphatic heterocycles. The Hall–Kier alpha value is -2.09. The van der Waals surface area contributed by atoms with Gasteiger partial charge in [0.05, 0.1) is 6.61 Å². The minimum atomic E-state index is -0.829. The van der Waals surface area contributed by atoms with Gasteiger partial charge in [0.1, 0.15) is 17.7 Å². The van der Waals surface area contributed by atoms with Crippen LogP contribution < -0.4 is 4.90 Å². The Labute approximate surface area is 180 Å². The molecule has 29 heavy (non-hydrogen) atoms. The van der Waals surface area contributed by atoms with E-state index in [9.17, 15) is 14.4 Å². The molecule has 0 N–H and O–H groups in total. The van der Waals surface area contributed by atoms with E-state index in [0.29, 0.717) is 25.1 Å². The van der Waals surface area contributed by atoms with Crippen molar-refractivity contribution >= 4 is 39.6 Å². The van der Waals surface area contributed by atoms with Crippen LogP contribution in [0.3, 0.4) is 0 Å². The van der Waals surface area contributed by atoms with Crippen LogP contribution in [0, 0.1) is 0 Å². The van der Waals surface area contributed by atoms with E-state index in [0.717, 1.165) is 4.47 Å². The van der Waals surface area contributed by atoms with E-state index in [1.807, 2.05) is 0 Å². The zero-order chi connectivity index (χ0) is 21.8. The van der Waals surface area contributed by atoms with Crippen LogP contribution in [0.15, 0.2) is 28.7 Å². The Morgan fingerprint density at radius 1 is 1.24 bits per heavy atom. The lowest BCUT2D eigenvalue weighted by Crippen LogP contribution is -2.53. The molecule has 1 aromatic carbocycles. The molecule has 1 aromatic rings. The molecular weight excluding hydrogens is 440 g/mol. The number of rotatable bonds is 5. The summed E-state index contributed by atoms with van der Waals surface area (Å²) in [6.45, 7) is 9.37. The first-order valence-corrected chi connectivity index (χ1v) is 10.6. The molecule has 2 amide bonds. The van der Waals surface area contributed by atoms with Crippen LogP contribution in [0.2, 0.25) is 0 Å². The SMILES string of the molecule is CCOC(=O)C(C)N(C(=O)C1CCCN1C(=O)OC(C)(C)C)c1ccc(Br)cc1. The molecule has 0 saturated carbocycles. The Balaban J connectivity index is 2.33. The Morgan fingerprint density at radius 2 is 1.86 bits per heavy atom. The third-order valence-electron chi connectivity index (χ3n) is 4.52. The van der Waals surface area contributed by atoms with Crippen LogP contribution in [-0.4, -0.2) is 53.7 Å². The van der Waals surface area contributed by atoms with Gasteiger partial charge in [-0.05, 0) is 71.7 Å². The van der Waals surface area contributed by atoms with E-state index in [1.54, 1.807) is 58.9 Å². The summed E-state index contributed by atoms with van der Waals surface area (Å²) >= 11 is 3.38. The molecule has 2 unspecified atom stereocenters. The minimum absolute atomic E-state index is 0.221. The smallest absolute Gasteiger partial charge is 0.410 e. The van der Waals surface area contributed by atoms with Gasteiger partial charge in [0, 0.05) is 16.7 Å². The molecule has 0 aromatic heterocycles. The third kappa shape index (κ3) is 5.95. The maximum absolute atomic E-state index is 13.5. The highest BCUT2D eigenvalue weighted by molar-refractivity contribution is 9.10. The molecule has 0 radical (unpaired) electrons. The quantitative estimate of drug-likeness (QED) is 0.607. The van der Waals surface area contributed by atoms with Crippen LogP contribution >= 0.6 is 15.9 Å². The molecule has 2 atom stereocenters. The number of ether oxygens (including phenoxy) is 2. The van der Waals surface area contributed by atoms with Crippen LogP contribution in [0.1, 0.15) is 47.5 Å². The molecule has 1 heterocycles. The summed E-state index contributed by atoms with van der Waals surface area (Å²) in [6.07, 6.45) is 0.686. The van der Waals surface area contributed by atoms with Crippen LogP contribution in [0.25, 0.3) is 0 Å². The second-order valence-electron chi connectivity index (χ2n) is 7.94. The predicted octanol–water partition coefficient (Wildman–Crippen LogP) is 4.13. The van der Waals surface area contributed by atoms with Crippen molar-refractivity contribution in [3.8, 4) is 0 Å². The number of nitrogens with zero attached hydrogens (tertiary/aromatic N) is 2. The summed E-state index contributed by atoms with van der Waals surface area (Å²) in [5.74, 6) is -0.818. The predicted molar refractivity (Wildman–Crippen MR) is 114 cm³/mol. The van der Waals surface area contributed by atoms with Crippen LogP contribution in [0.4, 0.5) is 10.5 Å². The zero-order valence-electron chi connectivity index (χ0n) is 17.6. The van der Waals surface area contributed by atoms with Gasteiger partial charge in [0.15, 0.2) is 0 Å². The van der Waals surface area contributed by atoms with Gasteiger partial charge in [0.25, 0.3) is 5.91 Å². The summed E-state index contributed by atoms with van der Waals surface area (Å²) in [6, 6.07) is 5.59. The second-order valence-corrected chi connectivity index (χ2v) is 8.86. The summed E-state index contributed by atoms with van der Waals surface area (Å²) in [4.78, 5) is 41.4. The maximum Gasteiger partial charge on any atom is 0.410 e. The van der Waals surface area contributed by atoms with E-state index < -0.39 is 29.7 Å². The lowest BCUT2D eigenvalue weighted by molar-refractivity contribution is -0.145. The normalized spacial score (nSPS) is 17.6. The van der Waals surface area contributed by atoms with E-state index in [1.165, 1.54) is 9.80 Å². The van der Waals surface area contributed by atoms with E-state index in [-0.39, 0.29) is 12.5 Å². The van der Waals surface area contributed by atoms with E-state index in [4.69, 9.17) is 9.47 Å². The third-order valence-corrected chi connectivity index (χ3v) is 5.05. The highest BCUT2D eigenvalue weighted by Gasteiger charge is 2.41. The molecule has 0 aliphatic carbocycles. The largest absolute Gasteiger partial charge is 0.464 e. The fourth-order valence-electron chi connectivity index (χ4n) is 3.23. The van der Waals surface area contributed by atoms with Crippen LogP contribution in [-0.2, 0) is 19.1 Å². The first-order chi connectivity index (χ1) is 13.5. The van der Waals surface area contributed by atoms with E-state index in [2.05, 4.69) is 15.9 Å². The minimum Gasteiger partial charge on any atom is -0.464 e. The molecule has 1 aliphatic rings. The van der Waals surface area contributed by atoms with E-state index >= 15 is 0 Å². The zero-order valence-corrected chi connectivity index (χ0v) is 19.2. The summed E-state index contributed by atoms with van der Waals surface area (Å²) in [5.41, 5.74) is -0.0912. The highest BCUT2D eigenvalue weighted by Crippen LogP contribution is 2.27. The molecule has 0 bridgehead atoms. The molecular formula is C21H29BrN2O5. The Bertz CT molecular complexity index is 744. The lowest BCUT2D eigenvalue weighted by Gasteiger charge is -2.34. The van der Waals surface area contributed by atoms with Crippen molar-refractivity contribution in [1.82, 2.24) is 4.90 Å². The molecule has 7 nitrogen and oxygen atoms in total. The molecule has 160 valence electrons. The molecule has 1 fully saturated rings. The summed E-state index contributed by atoms with van der Waals surface area (Å²) < 4.78 is 11.5. The number of likely N-dealkylation sites (tertiary alicyclic amines) is 1. The molecule has 2 rings (SSSR count). The number of hydrogen-bond donors (Lipinski definition) is 0. The number of hydrogen-bond acceptors (Lipinski definition) is 5. The van der Waals surface area contributed by atoms with Gasteiger partial charge in [-0.3, -0.25) is 14.6 Å². The Kier molecular flexibility index (Phi) is 7.68. The van der Waals surface area contributed by atoms with Gasteiger partial charge in [-0.15, -0.1) is 0 Å². The molecule has 0 spiro atoms. The van der Waals surface area contributed by atoms with Gasteiger partial charge in [-0.2, -0.15) is 0 Å². The number of halogens is 1. The number of amides is 2. The Morgan fingerprint density at radius 3 is 2.41 bits per heavy atom. The molecule has 8 heteroatoms. The number of esters is 1. The highest BCUT2D eigenvalue weighted by atomic mass is 79.9. The fourth-order valence-corrected chi connectivity index (χ4v) is 3.50.